The molecule has 7 nitrogen and oxygen atoms in total. The minimum atomic E-state index is -4.48. The second-order valence-corrected chi connectivity index (χ2v) is 7.43. The van der Waals surface area contributed by atoms with Crippen molar-refractivity contribution in [1.82, 2.24) is 19.6 Å². The Morgan fingerprint density at radius 2 is 1.77 bits per heavy atom. The van der Waals surface area contributed by atoms with Crippen LogP contribution in [-0.2, 0) is 11.0 Å². The molecule has 2 aromatic rings. The summed E-state index contributed by atoms with van der Waals surface area (Å²) in [5.74, 6) is 0.0778. The van der Waals surface area contributed by atoms with E-state index >= 15 is 0 Å². The number of nitrogens with zero attached hydrogens (tertiary/aromatic N) is 4. The lowest BCUT2D eigenvalue weighted by Crippen LogP contribution is -2.51. The number of amides is 2. The summed E-state index contributed by atoms with van der Waals surface area (Å²) in [6.45, 7) is 1.66. The van der Waals surface area contributed by atoms with Crippen molar-refractivity contribution in [3.05, 3.63) is 41.7 Å². The molecule has 0 atom stereocenters. The van der Waals surface area contributed by atoms with E-state index in [9.17, 15) is 22.8 Å². The minimum Gasteiger partial charge on any atom is -0.493 e. The number of halogens is 3. The van der Waals surface area contributed by atoms with Crippen LogP contribution in [0.4, 0.5) is 13.2 Å². The van der Waals surface area contributed by atoms with Gasteiger partial charge in [0.05, 0.1) is 24.6 Å². The molecule has 10 heteroatoms. The molecule has 2 fully saturated rings. The molecule has 0 radical (unpaired) electrons. The highest BCUT2D eigenvalue weighted by atomic mass is 19.4. The largest absolute Gasteiger partial charge is 0.493 e. The molecule has 0 N–H and O–H groups in total. The van der Waals surface area contributed by atoms with Crippen molar-refractivity contribution in [2.24, 2.45) is 5.92 Å². The van der Waals surface area contributed by atoms with Crippen LogP contribution in [0.15, 0.2) is 30.5 Å². The summed E-state index contributed by atoms with van der Waals surface area (Å²) in [5.41, 5.74) is -0.613. The lowest BCUT2D eigenvalue weighted by atomic mass is 10.2. The molecular weight excluding hydrogens is 401 g/mol. The molecule has 160 valence electrons. The monoisotopic (exact) mass is 422 g/mol. The first kappa shape index (κ1) is 20.2. The van der Waals surface area contributed by atoms with Gasteiger partial charge >= 0.3 is 6.18 Å². The van der Waals surface area contributed by atoms with Gasteiger partial charge in [-0.15, -0.1) is 0 Å². The normalized spacial score (nSPS) is 17.2. The maximum atomic E-state index is 13.0. The van der Waals surface area contributed by atoms with E-state index in [-0.39, 0.29) is 34.9 Å². The highest BCUT2D eigenvalue weighted by Crippen LogP contribution is 2.32. The predicted octanol–water partition coefficient (Wildman–Crippen LogP) is 2.59. The van der Waals surface area contributed by atoms with Crippen molar-refractivity contribution in [1.29, 1.82) is 0 Å². The second-order valence-electron chi connectivity index (χ2n) is 7.43. The topological polar surface area (TPSA) is 67.7 Å². The predicted molar refractivity (Wildman–Crippen MR) is 100 cm³/mol. The van der Waals surface area contributed by atoms with E-state index < -0.39 is 11.7 Å². The Kier molecular flexibility index (Phi) is 5.17. The highest BCUT2D eigenvalue weighted by molar-refractivity contribution is 5.95. The Balaban J connectivity index is 1.52. The summed E-state index contributed by atoms with van der Waals surface area (Å²) < 4.78 is 45.5. The third kappa shape index (κ3) is 3.99. The average molecular weight is 422 g/mol. The first-order chi connectivity index (χ1) is 14.3. The summed E-state index contributed by atoms with van der Waals surface area (Å²) >= 11 is 0. The van der Waals surface area contributed by atoms with Gasteiger partial charge in [-0.2, -0.15) is 18.3 Å². The second kappa shape index (κ2) is 7.66. The molecule has 2 heterocycles. The van der Waals surface area contributed by atoms with Gasteiger partial charge in [0, 0.05) is 32.1 Å². The highest BCUT2D eigenvalue weighted by Gasteiger charge is 2.36. The van der Waals surface area contributed by atoms with E-state index in [4.69, 9.17) is 4.74 Å². The van der Waals surface area contributed by atoms with Gasteiger partial charge in [-0.3, -0.25) is 9.59 Å². The average Bonchev–Trinajstić information content (AvgIpc) is 3.50. The summed E-state index contributed by atoms with van der Waals surface area (Å²) in [7, 11) is 1.37. The Morgan fingerprint density at radius 1 is 1.10 bits per heavy atom. The zero-order valence-corrected chi connectivity index (χ0v) is 16.4. The standard InChI is InChI=1S/C20H21F3N4O3/c1-30-16-12-27(15-4-2-3-14(11-15)20(21,22)23)24-17(16)19(29)26-9-7-25(8-10-26)18(28)13-5-6-13/h2-4,11-13H,5-10H2,1H3. The summed E-state index contributed by atoms with van der Waals surface area (Å²) in [6.07, 6.45) is -1.23. The molecule has 1 saturated carbocycles. The zero-order valence-electron chi connectivity index (χ0n) is 16.4. The number of piperazine rings is 1. The summed E-state index contributed by atoms with van der Waals surface area (Å²) in [6, 6.07) is 4.68. The number of ether oxygens (including phenoxy) is 1. The Labute approximate surface area is 171 Å². The van der Waals surface area contributed by atoms with Crippen LogP contribution in [0.2, 0.25) is 0 Å². The minimum absolute atomic E-state index is 0.0249. The van der Waals surface area contributed by atoms with Crippen LogP contribution in [0.25, 0.3) is 5.69 Å². The van der Waals surface area contributed by atoms with E-state index in [1.54, 1.807) is 9.80 Å². The Hall–Kier alpha value is -3.04. The van der Waals surface area contributed by atoms with Crippen molar-refractivity contribution in [2.75, 3.05) is 33.3 Å². The van der Waals surface area contributed by atoms with Gasteiger partial charge in [0.2, 0.25) is 5.91 Å². The van der Waals surface area contributed by atoms with Gasteiger partial charge in [0.15, 0.2) is 11.4 Å². The maximum Gasteiger partial charge on any atom is 0.416 e. The van der Waals surface area contributed by atoms with Crippen molar-refractivity contribution in [3.8, 4) is 11.4 Å². The number of alkyl halides is 3. The van der Waals surface area contributed by atoms with Gasteiger partial charge in [0.25, 0.3) is 5.91 Å². The summed E-state index contributed by atoms with van der Waals surface area (Å²) in [4.78, 5) is 28.5. The third-order valence-corrected chi connectivity index (χ3v) is 5.35. The van der Waals surface area contributed by atoms with Crippen LogP contribution in [-0.4, -0.2) is 64.7 Å². The molecule has 2 amide bonds. The van der Waals surface area contributed by atoms with Gasteiger partial charge in [-0.05, 0) is 31.0 Å². The van der Waals surface area contributed by atoms with Crippen LogP contribution >= 0.6 is 0 Å². The van der Waals surface area contributed by atoms with Crippen LogP contribution < -0.4 is 4.74 Å². The number of carbonyl (C=O) groups is 2. The molecular formula is C20H21F3N4O3. The smallest absolute Gasteiger partial charge is 0.416 e. The van der Waals surface area contributed by atoms with Crippen molar-refractivity contribution >= 4 is 11.8 Å². The van der Waals surface area contributed by atoms with Crippen molar-refractivity contribution in [2.45, 2.75) is 19.0 Å². The van der Waals surface area contributed by atoms with E-state index in [0.29, 0.717) is 26.2 Å². The quantitative estimate of drug-likeness (QED) is 0.760. The first-order valence-corrected chi connectivity index (χ1v) is 9.67. The lowest BCUT2D eigenvalue weighted by molar-refractivity contribution is -0.137. The van der Waals surface area contributed by atoms with Crippen molar-refractivity contribution < 1.29 is 27.5 Å². The first-order valence-electron chi connectivity index (χ1n) is 9.67. The fourth-order valence-electron chi connectivity index (χ4n) is 3.48. The number of hydrogen-bond acceptors (Lipinski definition) is 4. The number of carbonyl (C=O) groups excluding carboxylic acids is 2. The molecule has 1 aliphatic carbocycles. The molecule has 1 saturated heterocycles. The Morgan fingerprint density at radius 3 is 2.37 bits per heavy atom. The molecule has 0 spiro atoms. The summed E-state index contributed by atoms with van der Waals surface area (Å²) in [5, 5.41) is 4.19. The van der Waals surface area contributed by atoms with Crippen LogP contribution in [0.5, 0.6) is 5.75 Å². The number of benzene rings is 1. The molecule has 1 aliphatic heterocycles. The fourth-order valence-corrected chi connectivity index (χ4v) is 3.48. The third-order valence-electron chi connectivity index (χ3n) is 5.35. The number of rotatable bonds is 4. The molecule has 1 aromatic heterocycles. The lowest BCUT2D eigenvalue weighted by Gasteiger charge is -2.34. The van der Waals surface area contributed by atoms with Crippen LogP contribution in [0.1, 0.15) is 28.9 Å². The van der Waals surface area contributed by atoms with Gasteiger partial charge in [-0.1, -0.05) is 6.07 Å². The van der Waals surface area contributed by atoms with Gasteiger partial charge in [0.1, 0.15) is 0 Å². The SMILES string of the molecule is COc1cn(-c2cccc(C(F)(F)F)c2)nc1C(=O)N1CCN(C(=O)C2CC2)CC1. The van der Waals surface area contributed by atoms with Gasteiger partial charge < -0.3 is 14.5 Å². The van der Waals surface area contributed by atoms with E-state index in [0.717, 1.165) is 25.0 Å². The molecule has 4 rings (SSSR count). The Bertz CT molecular complexity index is 960. The van der Waals surface area contributed by atoms with Crippen LogP contribution in [0.3, 0.4) is 0 Å². The van der Waals surface area contributed by atoms with E-state index in [1.807, 2.05) is 0 Å². The number of hydrogen-bond donors (Lipinski definition) is 0. The van der Waals surface area contributed by atoms with Crippen molar-refractivity contribution in [3.63, 3.8) is 0 Å². The maximum absolute atomic E-state index is 13.0. The molecule has 30 heavy (non-hydrogen) atoms. The van der Waals surface area contributed by atoms with Gasteiger partial charge in [-0.25, -0.2) is 4.68 Å². The zero-order chi connectivity index (χ0) is 21.5. The van der Waals surface area contributed by atoms with E-state index in [1.165, 1.54) is 30.1 Å². The fraction of sp³-hybridized carbons (Fsp3) is 0.450. The molecule has 0 bridgehead atoms. The van der Waals surface area contributed by atoms with Crippen LogP contribution in [0, 0.1) is 5.92 Å². The molecule has 2 aliphatic rings. The number of aromatic nitrogens is 2. The van der Waals surface area contributed by atoms with E-state index in [2.05, 4.69) is 5.10 Å². The number of methoxy groups -OCH3 is 1. The molecule has 1 aromatic carbocycles. The molecule has 0 unspecified atom stereocenters.